The number of hydrogen-bond donors (Lipinski definition) is 2. The maximum absolute atomic E-state index is 12.4. The fourth-order valence-corrected chi connectivity index (χ4v) is 3.40. The van der Waals surface area contributed by atoms with Gasteiger partial charge in [-0.15, -0.1) is 0 Å². The highest BCUT2D eigenvalue weighted by molar-refractivity contribution is 6.30. The van der Waals surface area contributed by atoms with Crippen molar-refractivity contribution in [3.63, 3.8) is 0 Å². The number of carbonyl (C=O) groups is 1. The Kier molecular flexibility index (Phi) is 4.27. The van der Waals surface area contributed by atoms with Gasteiger partial charge < -0.3 is 15.3 Å². The highest BCUT2D eigenvalue weighted by atomic mass is 35.5. The number of benzene rings is 1. The van der Waals surface area contributed by atoms with Crippen molar-refractivity contribution in [1.29, 1.82) is 0 Å². The number of fused-ring (bicyclic) bond motifs is 1. The predicted octanol–water partition coefficient (Wildman–Crippen LogP) is 2.72. The van der Waals surface area contributed by atoms with Crippen molar-refractivity contribution in [3.05, 3.63) is 74.4 Å². The van der Waals surface area contributed by atoms with Crippen LogP contribution in [0.25, 0.3) is 0 Å². The minimum atomic E-state index is -0.709. The fourth-order valence-electron chi connectivity index (χ4n) is 3.28. The molecule has 3 heterocycles. The number of hydrogen-bond acceptors (Lipinski definition) is 6. The first-order valence-electron chi connectivity index (χ1n) is 8.39. The molecule has 0 bridgehead atoms. The lowest BCUT2D eigenvalue weighted by Crippen LogP contribution is -2.25. The topological polar surface area (TPSA) is 124 Å². The van der Waals surface area contributed by atoms with E-state index in [-0.39, 0.29) is 46.6 Å². The summed E-state index contributed by atoms with van der Waals surface area (Å²) in [6.45, 7) is 1.56. The van der Waals surface area contributed by atoms with Gasteiger partial charge in [0.1, 0.15) is 22.6 Å². The number of nitrogens with zero attached hydrogens (tertiary/aromatic N) is 3. The van der Waals surface area contributed by atoms with Gasteiger partial charge in [0, 0.05) is 17.5 Å². The third kappa shape index (κ3) is 2.97. The highest BCUT2D eigenvalue weighted by Crippen LogP contribution is 2.36. The zero-order valence-corrected chi connectivity index (χ0v) is 15.5. The van der Waals surface area contributed by atoms with E-state index in [0.29, 0.717) is 5.02 Å². The van der Waals surface area contributed by atoms with E-state index in [9.17, 15) is 14.7 Å². The first-order chi connectivity index (χ1) is 13.3. The number of aryl methyl sites for hydroxylation is 1. The Hall–Kier alpha value is -3.39. The first-order valence-corrected chi connectivity index (χ1v) is 8.77. The van der Waals surface area contributed by atoms with Crippen molar-refractivity contribution >= 4 is 29.0 Å². The van der Waals surface area contributed by atoms with Gasteiger partial charge in [0.25, 0.3) is 5.91 Å². The van der Waals surface area contributed by atoms with Crippen LogP contribution in [0, 0.1) is 6.92 Å². The average Bonchev–Trinajstić information content (AvgIpc) is 3.05. The van der Waals surface area contributed by atoms with Crippen LogP contribution in [0.2, 0.25) is 5.02 Å². The molecular weight excluding hydrogens is 384 g/mol. The van der Waals surface area contributed by atoms with E-state index < -0.39 is 11.5 Å². The Balaban J connectivity index is 1.93. The van der Waals surface area contributed by atoms with Crippen LogP contribution in [0.3, 0.4) is 0 Å². The quantitative estimate of drug-likeness (QED) is 0.701. The van der Waals surface area contributed by atoms with Crippen molar-refractivity contribution in [2.75, 3.05) is 0 Å². The average molecular weight is 399 g/mol. The molecule has 1 atom stereocenters. The molecule has 8 nitrogen and oxygen atoms in total. The lowest BCUT2D eigenvalue weighted by Gasteiger charge is -2.25. The number of halogens is 1. The van der Waals surface area contributed by atoms with Crippen LogP contribution < -0.4 is 11.4 Å². The summed E-state index contributed by atoms with van der Waals surface area (Å²) in [6.07, 6.45) is 1.58. The van der Waals surface area contributed by atoms with Crippen molar-refractivity contribution in [2.45, 2.75) is 19.4 Å². The van der Waals surface area contributed by atoms with Crippen LogP contribution in [0.5, 0.6) is 5.75 Å². The minimum Gasteiger partial charge on any atom is -0.507 e. The number of amides is 1. The number of aliphatic imine (C=N–C) groups is 1. The van der Waals surface area contributed by atoms with E-state index in [1.165, 1.54) is 12.3 Å². The molecule has 9 heteroatoms. The molecule has 0 spiro atoms. The molecule has 142 valence electrons. The molecule has 0 saturated carbocycles. The van der Waals surface area contributed by atoms with Gasteiger partial charge in [0.2, 0.25) is 0 Å². The summed E-state index contributed by atoms with van der Waals surface area (Å²) in [4.78, 5) is 28.6. The third-order valence-electron chi connectivity index (χ3n) is 4.55. The van der Waals surface area contributed by atoms with Gasteiger partial charge in [-0.05, 0) is 24.6 Å². The van der Waals surface area contributed by atoms with Crippen LogP contribution in [-0.2, 0) is 0 Å². The molecule has 0 fully saturated rings. The number of nitrogens with two attached hydrogens (primary N) is 1. The third-order valence-corrected chi connectivity index (χ3v) is 4.81. The molecule has 0 aliphatic carbocycles. The molecule has 1 aliphatic rings. The summed E-state index contributed by atoms with van der Waals surface area (Å²) in [5.41, 5.74) is 5.92. The number of aromatic nitrogens is 2. The van der Waals surface area contributed by atoms with Crippen molar-refractivity contribution in [1.82, 2.24) is 9.78 Å². The summed E-state index contributed by atoms with van der Waals surface area (Å²) in [5, 5.41) is 15.2. The molecule has 1 aliphatic heterocycles. The molecule has 3 N–H and O–H groups in total. The lowest BCUT2D eigenvalue weighted by molar-refractivity contribution is 0.100. The minimum absolute atomic E-state index is 0.0487. The second kappa shape index (κ2) is 6.65. The Labute approximate surface area is 163 Å². The maximum Gasteiger partial charge on any atom is 0.348 e. The summed E-state index contributed by atoms with van der Waals surface area (Å²) in [5.74, 6) is -0.440. The van der Waals surface area contributed by atoms with Crippen molar-refractivity contribution < 1.29 is 14.3 Å². The van der Waals surface area contributed by atoms with E-state index >= 15 is 0 Å². The van der Waals surface area contributed by atoms with Gasteiger partial charge in [0.15, 0.2) is 5.82 Å². The molecule has 0 radical (unpaired) electrons. The van der Waals surface area contributed by atoms with Gasteiger partial charge in [-0.1, -0.05) is 23.7 Å². The van der Waals surface area contributed by atoms with Crippen LogP contribution >= 0.6 is 11.6 Å². The van der Waals surface area contributed by atoms with Crippen LogP contribution in [-0.4, -0.2) is 26.5 Å². The summed E-state index contributed by atoms with van der Waals surface area (Å²) >= 11 is 5.98. The molecule has 4 rings (SSSR count). The number of aromatic hydroxyl groups is 1. The van der Waals surface area contributed by atoms with Gasteiger partial charge >= 0.3 is 5.63 Å². The first kappa shape index (κ1) is 18.0. The number of carbonyl (C=O) groups excluding carboxylic acids is 1. The number of primary amides is 1. The van der Waals surface area contributed by atoms with E-state index in [2.05, 4.69) is 10.1 Å². The normalized spacial score (nSPS) is 15.8. The lowest BCUT2D eigenvalue weighted by atomic mass is 9.96. The zero-order valence-electron chi connectivity index (χ0n) is 14.7. The Morgan fingerprint density at radius 1 is 1.36 bits per heavy atom. The predicted molar refractivity (Wildman–Crippen MR) is 103 cm³/mol. The molecule has 1 amide bonds. The highest BCUT2D eigenvalue weighted by Gasteiger charge is 2.31. The zero-order chi connectivity index (χ0) is 20.0. The monoisotopic (exact) mass is 398 g/mol. The summed E-state index contributed by atoms with van der Waals surface area (Å²) in [7, 11) is 0. The van der Waals surface area contributed by atoms with E-state index in [1.54, 1.807) is 23.7 Å². The largest absolute Gasteiger partial charge is 0.507 e. The number of rotatable bonds is 3. The van der Waals surface area contributed by atoms with Crippen molar-refractivity contribution in [3.8, 4) is 5.75 Å². The van der Waals surface area contributed by atoms with E-state index in [4.69, 9.17) is 21.8 Å². The van der Waals surface area contributed by atoms with Gasteiger partial charge in [0.05, 0.1) is 18.0 Å². The molecule has 3 aromatic rings. The molecule has 2 aromatic heterocycles. The summed E-state index contributed by atoms with van der Waals surface area (Å²) < 4.78 is 6.69. The summed E-state index contributed by atoms with van der Waals surface area (Å²) in [6, 6.07) is 8.08. The second-order valence-electron chi connectivity index (χ2n) is 6.43. The second-order valence-corrected chi connectivity index (χ2v) is 6.86. The fraction of sp³-hybridized carbons (Fsp3) is 0.158. The molecule has 0 saturated heterocycles. The molecule has 1 aromatic carbocycles. The van der Waals surface area contributed by atoms with Crippen LogP contribution in [0.1, 0.15) is 39.7 Å². The standard InChI is InChI=1S/C19H15ClN4O4/c1-9-6-15(25)16(19(27)28-9)13-7-14(10-2-4-11(20)5-3-10)24-18(23-13)12(8-22-24)17(21)26/h2-6,8,14,25H,7H2,1H3,(H2,21,26)/t14-/m0/s1. The van der Waals surface area contributed by atoms with E-state index in [1.807, 2.05) is 12.1 Å². The van der Waals surface area contributed by atoms with Gasteiger partial charge in [-0.25, -0.2) is 14.5 Å². The van der Waals surface area contributed by atoms with Crippen LogP contribution in [0.4, 0.5) is 5.82 Å². The Bertz CT molecular complexity index is 1180. The SMILES string of the molecule is Cc1cc(O)c(C2=Nc3c(C(N)=O)cnn3[C@H](c3ccc(Cl)cc3)C2)c(=O)o1. The van der Waals surface area contributed by atoms with Crippen LogP contribution in [0.15, 0.2) is 50.7 Å². The molecule has 0 unspecified atom stereocenters. The Morgan fingerprint density at radius 3 is 2.71 bits per heavy atom. The molecular formula is C19H15ClN4O4. The molecule has 28 heavy (non-hydrogen) atoms. The maximum atomic E-state index is 12.4. The Morgan fingerprint density at radius 2 is 2.07 bits per heavy atom. The van der Waals surface area contributed by atoms with Gasteiger partial charge in [-0.3, -0.25) is 4.79 Å². The van der Waals surface area contributed by atoms with E-state index in [0.717, 1.165) is 5.56 Å². The smallest absolute Gasteiger partial charge is 0.348 e. The van der Waals surface area contributed by atoms with Crippen molar-refractivity contribution in [2.24, 2.45) is 10.7 Å². The van der Waals surface area contributed by atoms with Gasteiger partial charge in [-0.2, -0.15) is 5.10 Å².